The van der Waals surface area contributed by atoms with Gasteiger partial charge in [0.2, 0.25) is 0 Å². The SMILES string of the molecule is COC(=O)c1nc(C)cc2cc(B(O)O)n(C(=O)OC(C)(C)C)c12. The lowest BCUT2D eigenvalue weighted by Crippen LogP contribution is -2.41. The van der Waals surface area contributed by atoms with Gasteiger partial charge in [0.25, 0.3) is 0 Å². The smallest absolute Gasteiger partial charge is 0.464 e. The zero-order valence-electron chi connectivity index (χ0n) is 14.2. The Morgan fingerprint density at radius 2 is 1.88 bits per heavy atom. The summed E-state index contributed by atoms with van der Waals surface area (Å²) in [6.07, 6.45) is -0.851. The fourth-order valence-electron chi connectivity index (χ4n) is 2.32. The highest BCUT2D eigenvalue weighted by Gasteiger charge is 2.30. The van der Waals surface area contributed by atoms with Crippen LogP contribution in [0.4, 0.5) is 4.79 Å². The molecular weight excluding hydrogens is 315 g/mol. The van der Waals surface area contributed by atoms with Gasteiger partial charge in [-0.1, -0.05) is 0 Å². The highest BCUT2D eigenvalue weighted by atomic mass is 16.6. The third-order valence-corrected chi connectivity index (χ3v) is 3.15. The molecule has 128 valence electrons. The minimum Gasteiger partial charge on any atom is -0.464 e. The van der Waals surface area contributed by atoms with E-state index in [0.717, 1.165) is 4.57 Å². The molecule has 0 radical (unpaired) electrons. The molecule has 2 N–H and O–H groups in total. The van der Waals surface area contributed by atoms with E-state index in [0.29, 0.717) is 11.1 Å². The zero-order valence-corrected chi connectivity index (χ0v) is 14.2. The van der Waals surface area contributed by atoms with Gasteiger partial charge in [-0.2, -0.15) is 0 Å². The molecule has 0 atom stereocenters. The maximum absolute atomic E-state index is 12.5. The number of esters is 1. The summed E-state index contributed by atoms with van der Waals surface area (Å²) in [5.41, 5.74) is -0.426. The van der Waals surface area contributed by atoms with E-state index in [1.807, 2.05) is 0 Å². The van der Waals surface area contributed by atoms with Gasteiger partial charge in [0, 0.05) is 11.1 Å². The van der Waals surface area contributed by atoms with E-state index in [-0.39, 0.29) is 16.8 Å². The number of aromatic nitrogens is 2. The summed E-state index contributed by atoms with van der Waals surface area (Å²) in [6.45, 7) is 6.70. The molecule has 2 rings (SSSR count). The van der Waals surface area contributed by atoms with Gasteiger partial charge >= 0.3 is 19.2 Å². The van der Waals surface area contributed by atoms with E-state index in [2.05, 4.69) is 4.98 Å². The van der Waals surface area contributed by atoms with Crippen LogP contribution in [-0.2, 0) is 9.47 Å². The van der Waals surface area contributed by atoms with Crippen molar-refractivity contribution in [3.8, 4) is 0 Å². The molecule has 0 aliphatic carbocycles. The molecule has 0 bridgehead atoms. The van der Waals surface area contributed by atoms with E-state index in [9.17, 15) is 19.6 Å². The van der Waals surface area contributed by atoms with E-state index in [1.54, 1.807) is 33.8 Å². The van der Waals surface area contributed by atoms with Crippen molar-refractivity contribution in [1.29, 1.82) is 0 Å². The summed E-state index contributed by atoms with van der Waals surface area (Å²) in [5, 5.41) is 19.6. The highest BCUT2D eigenvalue weighted by molar-refractivity contribution is 6.59. The number of hydrogen-bond donors (Lipinski definition) is 2. The molecule has 24 heavy (non-hydrogen) atoms. The molecule has 9 heteroatoms. The Kier molecular flexibility index (Phi) is 4.68. The van der Waals surface area contributed by atoms with E-state index < -0.39 is 24.8 Å². The van der Waals surface area contributed by atoms with E-state index in [1.165, 1.54) is 13.2 Å². The van der Waals surface area contributed by atoms with Gasteiger partial charge in [-0.3, -0.25) is 4.57 Å². The summed E-state index contributed by atoms with van der Waals surface area (Å²) in [5.74, 6) is -0.745. The summed E-state index contributed by atoms with van der Waals surface area (Å²) >= 11 is 0. The molecular formula is C15H19BN2O6. The van der Waals surface area contributed by atoms with Gasteiger partial charge in [0.1, 0.15) is 5.60 Å². The summed E-state index contributed by atoms with van der Waals surface area (Å²) in [6, 6.07) is 3.01. The average molecular weight is 334 g/mol. The number of methoxy groups -OCH3 is 1. The number of ether oxygens (including phenoxy) is 2. The van der Waals surface area contributed by atoms with Crippen LogP contribution in [0.25, 0.3) is 10.9 Å². The second-order valence-electron chi connectivity index (χ2n) is 6.30. The minimum atomic E-state index is -1.93. The molecule has 0 unspecified atom stereocenters. The van der Waals surface area contributed by atoms with Crippen molar-refractivity contribution in [2.45, 2.75) is 33.3 Å². The normalized spacial score (nSPS) is 11.5. The van der Waals surface area contributed by atoms with Gasteiger partial charge in [0.05, 0.1) is 18.2 Å². The van der Waals surface area contributed by atoms with Crippen LogP contribution in [-0.4, -0.2) is 51.5 Å². The predicted octanol–water partition coefficient (Wildman–Crippen LogP) is 0.594. The molecule has 0 saturated carbocycles. The van der Waals surface area contributed by atoms with Crippen molar-refractivity contribution in [2.24, 2.45) is 0 Å². The first-order chi connectivity index (χ1) is 11.0. The van der Waals surface area contributed by atoms with Crippen LogP contribution in [0.1, 0.15) is 37.0 Å². The van der Waals surface area contributed by atoms with Crippen LogP contribution in [0.15, 0.2) is 12.1 Å². The Morgan fingerprint density at radius 1 is 1.25 bits per heavy atom. The quantitative estimate of drug-likeness (QED) is 0.611. The molecule has 0 aliphatic rings. The average Bonchev–Trinajstić information content (AvgIpc) is 2.83. The molecule has 0 fully saturated rings. The third-order valence-electron chi connectivity index (χ3n) is 3.15. The van der Waals surface area contributed by atoms with Gasteiger partial charge in [-0.25, -0.2) is 14.6 Å². The minimum absolute atomic E-state index is 0.102. The van der Waals surface area contributed by atoms with E-state index in [4.69, 9.17) is 9.47 Å². The number of hydrogen-bond acceptors (Lipinski definition) is 7. The first-order valence-electron chi connectivity index (χ1n) is 7.26. The molecule has 8 nitrogen and oxygen atoms in total. The zero-order chi connectivity index (χ0) is 18.2. The van der Waals surface area contributed by atoms with Crippen LogP contribution in [0.5, 0.6) is 0 Å². The molecule has 0 aliphatic heterocycles. The Morgan fingerprint density at radius 3 is 2.38 bits per heavy atom. The van der Waals surface area contributed by atoms with Crippen LogP contribution >= 0.6 is 0 Å². The fourth-order valence-corrected chi connectivity index (χ4v) is 2.32. The lowest BCUT2D eigenvalue weighted by molar-refractivity contribution is 0.0547. The van der Waals surface area contributed by atoms with Crippen molar-refractivity contribution in [2.75, 3.05) is 7.11 Å². The Labute approximate surface area is 139 Å². The molecule has 2 heterocycles. The summed E-state index contributed by atoms with van der Waals surface area (Å²) < 4.78 is 10.9. The molecule has 0 saturated heterocycles. The second kappa shape index (κ2) is 6.25. The fraction of sp³-hybridized carbons (Fsp3) is 0.400. The summed E-state index contributed by atoms with van der Waals surface area (Å²) in [4.78, 5) is 28.7. The lowest BCUT2D eigenvalue weighted by atomic mass is 9.86. The first-order valence-corrected chi connectivity index (χ1v) is 7.26. The van der Waals surface area contributed by atoms with Gasteiger partial charge < -0.3 is 19.5 Å². The van der Waals surface area contributed by atoms with Crippen molar-refractivity contribution in [1.82, 2.24) is 9.55 Å². The van der Waals surface area contributed by atoms with Crippen LogP contribution < -0.4 is 5.59 Å². The Bertz CT molecular complexity index is 806. The van der Waals surface area contributed by atoms with E-state index >= 15 is 0 Å². The molecule has 0 amide bonds. The van der Waals surface area contributed by atoms with Crippen molar-refractivity contribution >= 4 is 35.7 Å². The summed E-state index contributed by atoms with van der Waals surface area (Å²) in [7, 11) is -0.739. The van der Waals surface area contributed by atoms with Gasteiger partial charge in [0.15, 0.2) is 5.69 Å². The highest BCUT2D eigenvalue weighted by Crippen LogP contribution is 2.22. The largest absolute Gasteiger partial charge is 0.506 e. The molecule has 2 aromatic rings. The molecule has 2 aromatic heterocycles. The Balaban J connectivity index is 2.81. The molecule has 0 spiro atoms. The van der Waals surface area contributed by atoms with Gasteiger partial charge in [-0.05, 0) is 39.8 Å². The predicted molar refractivity (Wildman–Crippen MR) is 87.3 cm³/mol. The number of fused-ring (bicyclic) bond motifs is 1. The molecule has 0 aromatic carbocycles. The van der Waals surface area contributed by atoms with Crippen LogP contribution in [0.2, 0.25) is 0 Å². The standard InChI is InChI=1S/C15H19BN2O6/c1-8-6-9-7-10(16(21)22)18(14(20)24-15(2,3)4)12(9)11(17-8)13(19)23-5/h6-7,21-22H,1-5H3. The number of carbonyl (C=O) groups is 2. The van der Waals surface area contributed by atoms with Crippen LogP contribution in [0.3, 0.4) is 0 Å². The maximum Gasteiger partial charge on any atom is 0.506 e. The second-order valence-corrected chi connectivity index (χ2v) is 6.30. The van der Waals surface area contributed by atoms with Crippen molar-refractivity contribution < 1.29 is 29.1 Å². The number of nitrogens with zero attached hydrogens (tertiary/aromatic N) is 2. The van der Waals surface area contributed by atoms with Crippen molar-refractivity contribution in [3.63, 3.8) is 0 Å². The van der Waals surface area contributed by atoms with Crippen LogP contribution in [0, 0.1) is 6.92 Å². The maximum atomic E-state index is 12.5. The monoisotopic (exact) mass is 334 g/mol. The number of pyridine rings is 1. The van der Waals surface area contributed by atoms with Crippen molar-refractivity contribution in [3.05, 3.63) is 23.5 Å². The van der Waals surface area contributed by atoms with Gasteiger partial charge in [-0.15, -0.1) is 0 Å². The topological polar surface area (TPSA) is 111 Å². The number of carbonyl (C=O) groups excluding carboxylic acids is 2. The first kappa shape index (κ1) is 18.0. The number of rotatable bonds is 2. The Hall–Kier alpha value is -2.39. The third kappa shape index (κ3) is 3.41. The number of aryl methyl sites for hydroxylation is 1. The lowest BCUT2D eigenvalue weighted by Gasteiger charge is -2.21.